The average molecular weight is 609 g/mol. The molecule has 8 aromatic rings. The van der Waals surface area contributed by atoms with Crippen LogP contribution in [0.25, 0.3) is 85.8 Å². The van der Waals surface area contributed by atoms with Crippen molar-refractivity contribution in [1.82, 2.24) is 28.7 Å². The van der Waals surface area contributed by atoms with Crippen molar-refractivity contribution in [1.29, 1.82) is 0 Å². The highest BCUT2D eigenvalue weighted by atomic mass is 15.3. The van der Waals surface area contributed by atoms with E-state index in [0.29, 0.717) is 17.8 Å². The minimum Gasteiger partial charge on any atom is -0.278 e. The minimum atomic E-state index is 0.508. The number of aromatic nitrogens is 6. The smallest absolute Gasteiger partial charge is 0.241 e. The molecule has 8 rings (SSSR count). The Morgan fingerprint density at radius 3 is 1.13 bits per heavy atom. The average Bonchev–Trinajstić information content (AvgIpc) is 3.73. The van der Waals surface area contributed by atoms with Crippen LogP contribution in [0, 0.1) is 0 Å². The molecule has 0 amide bonds. The molecule has 0 saturated carbocycles. The van der Waals surface area contributed by atoms with Crippen LogP contribution in [-0.2, 0) is 0 Å². The molecule has 0 saturated heterocycles. The van der Waals surface area contributed by atoms with E-state index in [1.165, 1.54) is 0 Å². The van der Waals surface area contributed by atoms with Gasteiger partial charge in [-0.1, -0.05) is 110 Å². The topological polar surface area (TPSA) is 53.5 Å². The van der Waals surface area contributed by atoms with Crippen LogP contribution in [0.15, 0.2) is 122 Å². The molecule has 6 nitrogen and oxygen atoms in total. The molecule has 0 unspecified atom stereocenters. The highest BCUT2D eigenvalue weighted by molar-refractivity contribution is 6.09. The van der Waals surface area contributed by atoms with Gasteiger partial charge in [-0.2, -0.15) is 15.0 Å². The fourth-order valence-electron chi connectivity index (χ4n) is 6.85. The van der Waals surface area contributed by atoms with Gasteiger partial charge in [0.05, 0.1) is 33.5 Å². The van der Waals surface area contributed by atoms with Crippen molar-refractivity contribution in [2.45, 2.75) is 13.8 Å². The summed E-state index contributed by atoms with van der Waals surface area (Å²) in [5, 5.41) is 4.42. The van der Waals surface area contributed by atoms with Gasteiger partial charge in [0.2, 0.25) is 17.8 Å². The van der Waals surface area contributed by atoms with Gasteiger partial charge in [0.1, 0.15) is 0 Å². The lowest BCUT2D eigenvalue weighted by Crippen LogP contribution is -2.14. The first-order valence-corrected chi connectivity index (χ1v) is 15.7. The van der Waals surface area contributed by atoms with Gasteiger partial charge in [-0.3, -0.25) is 13.7 Å². The second-order valence-corrected chi connectivity index (χ2v) is 11.3. The Bertz CT molecular complexity index is 2410. The van der Waals surface area contributed by atoms with Gasteiger partial charge in [-0.15, -0.1) is 0 Å². The third kappa shape index (κ3) is 4.22. The van der Waals surface area contributed by atoms with Gasteiger partial charge in [-0.25, -0.2) is 0 Å². The Hall–Kier alpha value is -6.27. The molecular weight excluding hydrogens is 576 g/mol. The van der Waals surface area contributed by atoms with Crippen LogP contribution in [0.2, 0.25) is 0 Å². The summed E-state index contributed by atoms with van der Waals surface area (Å²) in [6, 6.07) is 33.4. The van der Waals surface area contributed by atoms with Crippen LogP contribution in [-0.4, -0.2) is 28.7 Å². The van der Waals surface area contributed by atoms with Gasteiger partial charge in [0.25, 0.3) is 0 Å². The summed E-state index contributed by atoms with van der Waals surface area (Å²) < 4.78 is 6.37. The number of rotatable bonds is 7. The summed E-state index contributed by atoms with van der Waals surface area (Å²) >= 11 is 0. The van der Waals surface area contributed by atoms with Crippen molar-refractivity contribution in [3.05, 3.63) is 145 Å². The molecule has 0 spiro atoms. The Morgan fingerprint density at radius 1 is 0.447 bits per heavy atom. The number of para-hydroxylation sites is 4. The molecule has 6 heteroatoms. The lowest BCUT2D eigenvalue weighted by Gasteiger charge is -2.15. The summed E-state index contributed by atoms with van der Waals surface area (Å²) in [4.78, 5) is 15.8. The highest BCUT2D eigenvalue weighted by Gasteiger charge is 2.23. The van der Waals surface area contributed by atoms with Crippen LogP contribution in [0.1, 0.15) is 36.4 Å². The van der Waals surface area contributed by atoms with Crippen LogP contribution in [0.4, 0.5) is 0 Å². The maximum atomic E-state index is 5.28. The Labute approximate surface area is 272 Å². The van der Waals surface area contributed by atoms with Crippen molar-refractivity contribution in [3.8, 4) is 17.8 Å². The first kappa shape index (κ1) is 28.2. The molecule has 4 heterocycles. The summed E-state index contributed by atoms with van der Waals surface area (Å²) in [5.74, 6) is 1.54. The van der Waals surface area contributed by atoms with E-state index in [9.17, 15) is 0 Å². The number of fused-ring (bicyclic) bond motifs is 5. The van der Waals surface area contributed by atoms with E-state index in [0.717, 1.165) is 66.1 Å². The first-order chi connectivity index (χ1) is 23.2. The summed E-state index contributed by atoms with van der Waals surface area (Å²) in [7, 11) is 0. The molecule has 0 bridgehead atoms. The van der Waals surface area contributed by atoms with Gasteiger partial charge in [0.15, 0.2) is 0 Å². The largest absolute Gasteiger partial charge is 0.278 e. The number of hydrogen-bond donors (Lipinski definition) is 0. The molecule has 0 aliphatic heterocycles. The molecule has 4 aromatic heterocycles. The molecule has 4 aromatic carbocycles. The normalized spacial score (nSPS) is 12.0. The molecule has 0 aliphatic rings. The van der Waals surface area contributed by atoms with E-state index in [1.54, 1.807) is 0 Å². The number of allylic oxidation sites excluding steroid dienone is 2. The highest BCUT2D eigenvalue weighted by Crippen LogP contribution is 2.35. The molecule has 0 radical (unpaired) electrons. The van der Waals surface area contributed by atoms with Gasteiger partial charge < -0.3 is 0 Å². The monoisotopic (exact) mass is 608 g/mol. The van der Waals surface area contributed by atoms with Gasteiger partial charge >= 0.3 is 0 Å². The van der Waals surface area contributed by atoms with Crippen molar-refractivity contribution in [2.75, 3.05) is 0 Å². The minimum absolute atomic E-state index is 0.508. The van der Waals surface area contributed by atoms with Crippen LogP contribution in [0.3, 0.4) is 0 Å². The lowest BCUT2D eigenvalue weighted by molar-refractivity contribution is 0.827. The van der Waals surface area contributed by atoms with Gasteiger partial charge in [-0.05, 0) is 50.3 Å². The van der Waals surface area contributed by atoms with E-state index in [2.05, 4.69) is 112 Å². The quantitative estimate of drug-likeness (QED) is 0.181. The van der Waals surface area contributed by atoms with Crippen molar-refractivity contribution < 1.29 is 0 Å². The predicted molar refractivity (Wildman–Crippen MR) is 197 cm³/mol. The molecule has 47 heavy (non-hydrogen) atoms. The van der Waals surface area contributed by atoms with Crippen LogP contribution < -0.4 is 0 Å². The molecule has 0 atom stereocenters. The Morgan fingerprint density at radius 2 is 0.766 bits per heavy atom. The predicted octanol–water partition coefficient (Wildman–Crippen LogP) is 10.2. The van der Waals surface area contributed by atoms with E-state index in [-0.39, 0.29) is 0 Å². The maximum absolute atomic E-state index is 5.28. The second-order valence-electron chi connectivity index (χ2n) is 11.3. The van der Waals surface area contributed by atoms with E-state index in [1.807, 2.05) is 62.4 Å². The number of hydrogen-bond acceptors (Lipinski definition) is 3. The van der Waals surface area contributed by atoms with Crippen molar-refractivity contribution in [2.24, 2.45) is 0 Å². The molecule has 226 valence electrons. The third-order valence-corrected chi connectivity index (χ3v) is 8.74. The summed E-state index contributed by atoms with van der Waals surface area (Å²) in [6.07, 6.45) is 12.1. The standard InChI is InChI=1S/C41H32N6/c1-5-17-33-27(7-3)29-19-9-13-23-35(29)45(33)39-42-40(46-34(18-6-2)28(8-4)30-20-10-14-24-36(30)46)44-41(43-39)47-37-25-15-11-21-31(37)32-22-12-16-26-38(32)47/h5-26H,3-4H2,1-2H3/b17-5-,18-6-. The number of benzene rings is 4. The third-order valence-electron chi connectivity index (χ3n) is 8.74. The van der Waals surface area contributed by atoms with Crippen LogP contribution >= 0.6 is 0 Å². The second kappa shape index (κ2) is 11.3. The van der Waals surface area contributed by atoms with E-state index < -0.39 is 0 Å². The molecule has 0 N–H and O–H groups in total. The molecule has 0 aliphatic carbocycles. The van der Waals surface area contributed by atoms with Gasteiger partial charge in [0, 0.05) is 32.7 Å². The van der Waals surface area contributed by atoms with Crippen molar-refractivity contribution >= 4 is 67.9 Å². The zero-order chi connectivity index (χ0) is 32.1. The fourth-order valence-corrected chi connectivity index (χ4v) is 6.85. The Balaban J connectivity index is 1.56. The molecular formula is C41H32N6. The molecule has 0 fully saturated rings. The first-order valence-electron chi connectivity index (χ1n) is 15.7. The van der Waals surface area contributed by atoms with Crippen LogP contribution in [0.5, 0.6) is 0 Å². The SMILES string of the molecule is C=Cc1c(/C=C\C)n(-c2nc(-n3c(/C=C\C)c(C=C)c4ccccc43)nc(-n3c4ccccc4c4ccccc43)n2)c2ccccc12. The fraction of sp³-hybridized carbons (Fsp3) is 0.0488. The van der Waals surface area contributed by atoms with E-state index >= 15 is 0 Å². The van der Waals surface area contributed by atoms with E-state index in [4.69, 9.17) is 15.0 Å². The maximum Gasteiger partial charge on any atom is 0.241 e. The Kier molecular flexibility index (Phi) is 6.76. The lowest BCUT2D eigenvalue weighted by atomic mass is 10.1. The van der Waals surface area contributed by atoms with Crippen molar-refractivity contribution in [3.63, 3.8) is 0 Å². The summed E-state index contributed by atoms with van der Waals surface area (Å²) in [5.41, 5.74) is 7.96. The summed E-state index contributed by atoms with van der Waals surface area (Å²) in [6.45, 7) is 12.4. The zero-order valence-electron chi connectivity index (χ0n) is 26.3. The zero-order valence-corrected chi connectivity index (χ0v) is 26.3. The number of nitrogens with zero attached hydrogens (tertiary/aromatic N) is 6.